The van der Waals surface area contributed by atoms with E-state index in [0.29, 0.717) is 13.1 Å². The minimum atomic E-state index is -0.107. The second-order valence-corrected chi connectivity index (χ2v) is 7.97. The number of nitrogens with zero attached hydrogens (tertiary/aromatic N) is 2. The maximum atomic E-state index is 12.5. The highest BCUT2D eigenvalue weighted by atomic mass is 32.2. The molecule has 5 nitrogen and oxygen atoms in total. The normalized spacial score (nSPS) is 20.6. The molecule has 1 N–H and O–H groups in total. The number of aryl methyl sites for hydroxylation is 1. The summed E-state index contributed by atoms with van der Waals surface area (Å²) in [6.07, 6.45) is 0. The van der Waals surface area contributed by atoms with Crippen molar-refractivity contribution in [2.24, 2.45) is 0 Å². The predicted molar refractivity (Wildman–Crippen MR) is 99.0 cm³/mol. The molecule has 1 fully saturated rings. The van der Waals surface area contributed by atoms with Gasteiger partial charge in [-0.15, -0.1) is 11.8 Å². The summed E-state index contributed by atoms with van der Waals surface area (Å²) in [6.45, 7) is 8.94. The molecule has 24 heavy (non-hydrogen) atoms. The van der Waals surface area contributed by atoms with Crippen molar-refractivity contribution in [3.63, 3.8) is 0 Å². The topological polar surface area (TPSA) is 52.7 Å². The van der Waals surface area contributed by atoms with Crippen LogP contribution in [-0.4, -0.2) is 53.2 Å². The molecule has 0 radical (unpaired) electrons. The van der Waals surface area contributed by atoms with Crippen LogP contribution in [-0.2, 0) is 4.79 Å². The van der Waals surface area contributed by atoms with Crippen molar-refractivity contribution < 1.29 is 9.59 Å². The summed E-state index contributed by atoms with van der Waals surface area (Å²) in [5, 5.41) is 2.84. The highest BCUT2D eigenvalue weighted by molar-refractivity contribution is 8.01. The monoisotopic (exact) mass is 349 g/mol. The van der Waals surface area contributed by atoms with Gasteiger partial charge in [0, 0.05) is 26.2 Å². The molecule has 1 aromatic rings. The Kier molecular flexibility index (Phi) is 6.15. The van der Waals surface area contributed by atoms with Crippen molar-refractivity contribution in [3.8, 4) is 0 Å². The number of thioether (sulfide) groups is 1. The molecule has 0 aromatic heterocycles. The van der Waals surface area contributed by atoms with Crippen LogP contribution in [0.25, 0.3) is 0 Å². The lowest BCUT2D eigenvalue weighted by Gasteiger charge is -2.28. The van der Waals surface area contributed by atoms with E-state index in [1.165, 1.54) is 11.1 Å². The van der Waals surface area contributed by atoms with Gasteiger partial charge in [-0.1, -0.05) is 24.3 Å². The third kappa shape index (κ3) is 4.23. The Hall–Kier alpha value is -1.69. The molecule has 1 saturated heterocycles. The fourth-order valence-electron chi connectivity index (χ4n) is 2.72. The maximum Gasteiger partial charge on any atom is 0.317 e. The summed E-state index contributed by atoms with van der Waals surface area (Å²) >= 11 is 1.68. The van der Waals surface area contributed by atoms with Crippen LogP contribution < -0.4 is 5.32 Å². The summed E-state index contributed by atoms with van der Waals surface area (Å²) in [6, 6.07) is 8.17. The van der Waals surface area contributed by atoms with Crippen LogP contribution in [0.2, 0.25) is 0 Å². The number of urea groups is 1. The average Bonchev–Trinajstić information content (AvgIpc) is 2.80. The van der Waals surface area contributed by atoms with E-state index in [2.05, 4.69) is 24.4 Å². The number of hydrogen-bond acceptors (Lipinski definition) is 3. The molecule has 1 aromatic carbocycles. The van der Waals surface area contributed by atoms with E-state index in [9.17, 15) is 9.59 Å². The molecule has 0 unspecified atom stereocenters. The molecule has 1 heterocycles. The number of carbonyl (C=O) groups is 2. The first-order chi connectivity index (χ1) is 11.3. The van der Waals surface area contributed by atoms with Gasteiger partial charge in [0.05, 0.1) is 5.25 Å². The van der Waals surface area contributed by atoms with Gasteiger partial charge in [-0.2, -0.15) is 0 Å². The molecule has 0 spiro atoms. The minimum Gasteiger partial charge on any atom is -0.336 e. The molecule has 0 aliphatic carbocycles. The van der Waals surface area contributed by atoms with Crippen LogP contribution in [0.5, 0.6) is 0 Å². The van der Waals surface area contributed by atoms with Gasteiger partial charge in [0.15, 0.2) is 0 Å². The zero-order valence-corrected chi connectivity index (χ0v) is 15.9. The van der Waals surface area contributed by atoms with E-state index >= 15 is 0 Å². The maximum absolute atomic E-state index is 12.5. The second-order valence-electron chi connectivity index (χ2n) is 6.54. The van der Waals surface area contributed by atoms with Crippen LogP contribution in [0.4, 0.5) is 4.79 Å². The highest BCUT2D eigenvalue weighted by Gasteiger charge is 2.38. The third-order valence-corrected chi connectivity index (χ3v) is 5.51. The van der Waals surface area contributed by atoms with Crippen LogP contribution in [0, 0.1) is 6.92 Å². The van der Waals surface area contributed by atoms with Crippen LogP contribution in [0.1, 0.15) is 37.3 Å². The van der Waals surface area contributed by atoms with Gasteiger partial charge < -0.3 is 15.1 Å². The molecule has 132 valence electrons. The van der Waals surface area contributed by atoms with Gasteiger partial charge in [0.1, 0.15) is 5.37 Å². The lowest BCUT2D eigenvalue weighted by atomic mass is 10.1. The molecular weight excluding hydrogens is 322 g/mol. The molecule has 0 bridgehead atoms. The van der Waals surface area contributed by atoms with Gasteiger partial charge in [0.25, 0.3) is 0 Å². The van der Waals surface area contributed by atoms with Crippen LogP contribution in [0.3, 0.4) is 0 Å². The smallest absolute Gasteiger partial charge is 0.317 e. The van der Waals surface area contributed by atoms with E-state index in [1.807, 2.05) is 37.8 Å². The van der Waals surface area contributed by atoms with Crippen LogP contribution in [0.15, 0.2) is 24.3 Å². The van der Waals surface area contributed by atoms with E-state index in [1.54, 1.807) is 23.7 Å². The number of likely N-dealkylation sites (N-methyl/N-ethyl adjacent to an activating group) is 1. The van der Waals surface area contributed by atoms with Gasteiger partial charge >= 0.3 is 6.03 Å². The number of rotatable bonds is 5. The first kappa shape index (κ1) is 18.6. The van der Waals surface area contributed by atoms with E-state index in [0.717, 1.165) is 0 Å². The zero-order valence-electron chi connectivity index (χ0n) is 15.1. The Bertz CT molecular complexity index is 606. The van der Waals surface area contributed by atoms with Gasteiger partial charge in [-0.3, -0.25) is 4.79 Å². The van der Waals surface area contributed by atoms with E-state index in [-0.39, 0.29) is 28.6 Å². The summed E-state index contributed by atoms with van der Waals surface area (Å²) in [7, 11) is 1.76. The van der Waals surface area contributed by atoms with Crippen molar-refractivity contribution in [3.05, 3.63) is 35.4 Å². The first-order valence-electron chi connectivity index (χ1n) is 8.34. The summed E-state index contributed by atoms with van der Waals surface area (Å²) in [5.74, 6) is 0.144. The Labute approximate surface area is 148 Å². The van der Waals surface area contributed by atoms with Crippen molar-refractivity contribution in [1.82, 2.24) is 15.1 Å². The standard InChI is InChI=1S/C18H27N3O2S/c1-12(2)19-18(23)20(5)10-11-21-16(22)14(4)24-17(21)15-9-7-6-8-13(15)3/h6-9,12,14,17H,10-11H2,1-5H3,(H,19,23)/t14-,17+/m0/s1. The molecule has 0 saturated carbocycles. The Morgan fingerprint density at radius 1 is 1.38 bits per heavy atom. The first-order valence-corrected chi connectivity index (χ1v) is 9.28. The Morgan fingerprint density at radius 2 is 2.04 bits per heavy atom. The number of nitrogens with one attached hydrogen (secondary N) is 1. The van der Waals surface area contributed by atoms with Crippen molar-refractivity contribution >= 4 is 23.7 Å². The number of amides is 3. The average molecular weight is 350 g/mol. The Balaban J connectivity index is 2.07. The van der Waals surface area contributed by atoms with E-state index < -0.39 is 0 Å². The molecule has 2 rings (SSSR count). The van der Waals surface area contributed by atoms with Crippen molar-refractivity contribution in [2.45, 2.75) is 44.4 Å². The lowest BCUT2D eigenvalue weighted by Crippen LogP contribution is -2.44. The fraction of sp³-hybridized carbons (Fsp3) is 0.556. The SMILES string of the molecule is Cc1ccccc1[C@H]1S[C@@H](C)C(=O)N1CCN(C)C(=O)NC(C)C. The van der Waals surface area contributed by atoms with Crippen molar-refractivity contribution in [2.75, 3.05) is 20.1 Å². The van der Waals surface area contributed by atoms with Crippen LogP contribution >= 0.6 is 11.8 Å². The largest absolute Gasteiger partial charge is 0.336 e. The molecule has 6 heteroatoms. The van der Waals surface area contributed by atoms with Crippen molar-refractivity contribution in [1.29, 1.82) is 0 Å². The minimum absolute atomic E-state index is 0.0234. The second kappa shape index (κ2) is 7.92. The Morgan fingerprint density at radius 3 is 2.67 bits per heavy atom. The van der Waals surface area contributed by atoms with Gasteiger partial charge in [0.2, 0.25) is 5.91 Å². The van der Waals surface area contributed by atoms with E-state index in [4.69, 9.17) is 0 Å². The number of carbonyl (C=O) groups excluding carboxylic acids is 2. The third-order valence-electron chi connectivity index (χ3n) is 4.14. The summed E-state index contributed by atoms with van der Waals surface area (Å²) in [4.78, 5) is 28.1. The van der Waals surface area contributed by atoms with Gasteiger partial charge in [-0.05, 0) is 38.8 Å². The number of hydrogen-bond donors (Lipinski definition) is 1. The highest BCUT2D eigenvalue weighted by Crippen LogP contribution is 2.43. The number of benzene rings is 1. The molecular formula is C18H27N3O2S. The van der Waals surface area contributed by atoms with Gasteiger partial charge in [-0.25, -0.2) is 4.79 Å². The molecule has 1 aliphatic heterocycles. The quantitative estimate of drug-likeness (QED) is 0.889. The summed E-state index contributed by atoms with van der Waals surface area (Å²) < 4.78 is 0. The predicted octanol–water partition coefficient (Wildman–Crippen LogP) is 3.01. The molecule has 2 atom stereocenters. The fourth-order valence-corrected chi connectivity index (χ4v) is 4.13. The molecule has 3 amide bonds. The lowest BCUT2D eigenvalue weighted by molar-refractivity contribution is -0.129. The molecule has 1 aliphatic rings. The summed E-state index contributed by atoms with van der Waals surface area (Å²) in [5.41, 5.74) is 2.36. The zero-order chi connectivity index (χ0) is 17.9.